The highest BCUT2D eigenvalue weighted by atomic mass is 32.2. The van der Waals surface area contributed by atoms with E-state index in [9.17, 15) is 22.6 Å². The Kier molecular flexibility index (Phi) is 33.9. The molecule has 1 aromatic rings. The molecule has 0 aliphatic heterocycles. The van der Waals surface area contributed by atoms with E-state index in [0.29, 0.717) is 0 Å². The Morgan fingerprint density at radius 2 is 0.804 bits per heavy atom. The van der Waals surface area contributed by atoms with Gasteiger partial charge < -0.3 is 9.47 Å². The third kappa shape index (κ3) is 28.9. The Morgan fingerprint density at radius 3 is 1.14 bits per heavy atom. The standard InChI is InChI=1S/C48H82O7S/c1-3-5-7-9-11-13-15-17-19-21-23-25-27-29-31-33-35-37-42-54-47(49)44-40-39-41-45(56(51,52)53)46(44)48(50)55-43-38-36-34-32-30-28-26-24-22-20-18-16-14-12-10-8-6-4-2/h35-41H,3-34,42-43H2,1-2H3,(H,51,52,53)/b37-35+,38-36+. The minimum Gasteiger partial charge on any atom is -0.458 e. The van der Waals surface area contributed by atoms with Gasteiger partial charge in [-0.25, -0.2) is 9.59 Å². The van der Waals surface area contributed by atoms with Gasteiger partial charge in [-0.2, -0.15) is 8.42 Å². The van der Waals surface area contributed by atoms with Crippen LogP contribution in [-0.2, 0) is 19.6 Å². The van der Waals surface area contributed by atoms with E-state index >= 15 is 0 Å². The summed E-state index contributed by atoms with van der Waals surface area (Å²) >= 11 is 0. The molecule has 0 aliphatic carbocycles. The number of ether oxygens (including phenoxy) is 2. The lowest BCUT2D eigenvalue weighted by Gasteiger charge is -2.11. The highest BCUT2D eigenvalue weighted by Crippen LogP contribution is 2.23. The van der Waals surface area contributed by atoms with E-state index in [1.807, 2.05) is 12.2 Å². The number of allylic oxidation sites excluding steroid dienone is 2. The minimum atomic E-state index is -4.79. The molecule has 1 N–H and O–H groups in total. The molecule has 0 unspecified atom stereocenters. The van der Waals surface area contributed by atoms with Gasteiger partial charge in [0, 0.05) is 0 Å². The molecule has 0 atom stereocenters. The summed E-state index contributed by atoms with van der Waals surface area (Å²) in [6, 6.07) is 3.67. The molecule has 0 heterocycles. The normalized spacial score (nSPS) is 11.9. The summed E-state index contributed by atoms with van der Waals surface area (Å²) in [4.78, 5) is 25.3. The first kappa shape index (κ1) is 51.6. The van der Waals surface area contributed by atoms with Crippen LogP contribution >= 0.6 is 0 Å². The largest absolute Gasteiger partial charge is 0.458 e. The van der Waals surface area contributed by atoms with E-state index in [-0.39, 0.29) is 18.8 Å². The lowest BCUT2D eigenvalue weighted by Crippen LogP contribution is -2.18. The molecule has 0 saturated heterocycles. The summed E-state index contributed by atoms with van der Waals surface area (Å²) in [6.07, 6.45) is 48.7. The van der Waals surface area contributed by atoms with Gasteiger partial charge in [0.1, 0.15) is 18.1 Å². The summed E-state index contributed by atoms with van der Waals surface area (Å²) < 4.78 is 44.6. The molecular formula is C48H82O7S. The van der Waals surface area contributed by atoms with Crippen molar-refractivity contribution in [3.8, 4) is 0 Å². The van der Waals surface area contributed by atoms with Crippen LogP contribution in [0.1, 0.15) is 240 Å². The third-order valence-electron chi connectivity index (χ3n) is 10.6. The molecule has 0 radical (unpaired) electrons. The van der Waals surface area contributed by atoms with Crippen LogP contribution in [0.3, 0.4) is 0 Å². The Balaban J connectivity index is 2.25. The Hall–Kier alpha value is -2.45. The maximum Gasteiger partial charge on any atom is 0.340 e. The van der Waals surface area contributed by atoms with Gasteiger partial charge in [0.2, 0.25) is 0 Å². The van der Waals surface area contributed by atoms with Crippen molar-refractivity contribution >= 4 is 22.1 Å². The molecule has 0 saturated carbocycles. The number of carbonyl (C=O) groups excluding carboxylic acids is 2. The highest BCUT2D eigenvalue weighted by Gasteiger charge is 2.28. The van der Waals surface area contributed by atoms with Gasteiger partial charge in [0.25, 0.3) is 10.1 Å². The van der Waals surface area contributed by atoms with Crippen LogP contribution in [0.2, 0.25) is 0 Å². The fourth-order valence-electron chi connectivity index (χ4n) is 7.16. The molecule has 1 rings (SSSR count). The Bertz CT molecular complexity index is 1270. The van der Waals surface area contributed by atoms with Gasteiger partial charge in [-0.3, -0.25) is 4.55 Å². The van der Waals surface area contributed by atoms with Crippen LogP contribution in [0.5, 0.6) is 0 Å². The lowest BCUT2D eigenvalue weighted by molar-refractivity contribution is 0.0499. The van der Waals surface area contributed by atoms with Crippen molar-refractivity contribution in [2.75, 3.05) is 13.2 Å². The average molecular weight is 803 g/mol. The number of esters is 2. The first-order valence-corrected chi connectivity index (χ1v) is 24.5. The summed E-state index contributed by atoms with van der Waals surface area (Å²) in [5.41, 5.74) is -0.777. The molecule has 1 aromatic carbocycles. The molecule has 0 bridgehead atoms. The number of hydrogen-bond donors (Lipinski definition) is 1. The van der Waals surface area contributed by atoms with Crippen molar-refractivity contribution < 1.29 is 32.0 Å². The number of benzene rings is 1. The van der Waals surface area contributed by atoms with E-state index in [1.165, 1.54) is 185 Å². The first-order chi connectivity index (χ1) is 27.3. The average Bonchev–Trinajstić information content (AvgIpc) is 3.18. The lowest BCUT2D eigenvalue weighted by atomic mass is 10.0. The summed E-state index contributed by atoms with van der Waals surface area (Å²) in [5.74, 6) is -1.87. The van der Waals surface area contributed by atoms with Gasteiger partial charge in [-0.1, -0.05) is 224 Å². The zero-order valence-electron chi connectivity index (χ0n) is 35.9. The van der Waals surface area contributed by atoms with Crippen molar-refractivity contribution in [1.29, 1.82) is 0 Å². The first-order valence-electron chi connectivity index (χ1n) is 23.1. The molecule has 0 aromatic heterocycles. The highest BCUT2D eigenvalue weighted by molar-refractivity contribution is 7.86. The number of carbonyl (C=O) groups is 2. The number of hydrogen-bond acceptors (Lipinski definition) is 6. The number of unbranched alkanes of at least 4 members (excludes halogenated alkanes) is 30. The summed E-state index contributed by atoms with van der Waals surface area (Å²) in [6.45, 7) is 4.44. The summed E-state index contributed by atoms with van der Waals surface area (Å²) in [7, 11) is -4.79. The van der Waals surface area contributed by atoms with Crippen LogP contribution in [0.25, 0.3) is 0 Å². The van der Waals surface area contributed by atoms with Gasteiger partial charge in [0.15, 0.2) is 0 Å². The van der Waals surface area contributed by atoms with E-state index in [4.69, 9.17) is 9.47 Å². The van der Waals surface area contributed by atoms with Gasteiger partial charge in [-0.05, 0) is 37.8 Å². The van der Waals surface area contributed by atoms with Crippen LogP contribution in [0.4, 0.5) is 0 Å². The molecule has 0 amide bonds. The third-order valence-corrected chi connectivity index (χ3v) is 11.5. The predicted molar refractivity (Wildman–Crippen MR) is 234 cm³/mol. The minimum absolute atomic E-state index is 0.00971. The molecule has 56 heavy (non-hydrogen) atoms. The molecule has 0 spiro atoms. The van der Waals surface area contributed by atoms with Crippen molar-refractivity contribution in [3.05, 3.63) is 53.6 Å². The fraction of sp³-hybridized carbons (Fsp3) is 0.750. The van der Waals surface area contributed by atoms with Crippen molar-refractivity contribution in [1.82, 2.24) is 0 Å². The van der Waals surface area contributed by atoms with Crippen molar-refractivity contribution in [2.45, 2.75) is 224 Å². The molecule has 0 fully saturated rings. The van der Waals surface area contributed by atoms with E-state index in [0.717, 1.165) is 38.2 Å². The topological polar surface area (TPSA) is 107 Å². The van der Waals surface area contributed by atoms with Gasteiger partial charge in [-0.15, -0.1) is 0 Å². The quantitative estimate of drug-likeness (QED) is 0.0306. The SMILES string of the molecule is CCCCCCCCCCCCCCCCC/C=C/COC(=O)c1cccc(S(=O)(=O)O)c1C(=O)OC/C=C/CCCCCCCCCCCCCCCCC. The molecular weight excluding hydrogens is 721 g/mol. The molecule has 8 heteroatoms. The van der Waals surface area contributed by atoms with Crippen LogP contribution < -0.4 is 0 Å². The maximum atomic E-state index is 13.0. The van der Waals surface area contributed by atoms with Gasteiger partial charge in [0.05, 0.1) is 11.1 Å². The summed E-state index contributed by atoms with van der Waals surface area (Å²) in [5, 5.41) is 0. The van der Waals surface area contributed by atoms with E-state index in [2.05, 4.69) is 13.8 Å². The van der Waals surface area contributed by atoms with Crippen LogP contribution in [0.15, 0.2) is 47.4 Å². The van der Waals surface area contributed by atoms with Crippen molar-refractivity contribution in [2.24, 2.45) is 0 Å². The maximum absolute atomic E-state index is 13.0. The van der Waals surface area contributed by atoms with E-state index < -0.39 is 32.5 Å². The fourth-order valence-corrected chi connectivity index (χ4v) is 7.86. The second-order valence-corrected chi connectivity index (χ2v) is 17.2. The second kappa shape index (κ2) is 36.9. The predicted octanol–water partition coefficient (Wildman–Crippen LogP) is 14.9. The Labute approximate surface area is 344 Å². The van der Waals surface area contributed by atoms with Crippen LogP contribution in [0, 0.1) is 0 Å². The van der Waals surface area contributed by atoms with Crippen LogP contribution in [-0.4, -0.2) is 38.1 Å². The number of rotatable bonds is 39. The molecule has 7 nitrogen and oxygen atoms in total. The Morgan fingerprint density at radius 1 is 0.482 bits per heavy atom. The van der Waals surface area contributed by atoms with Gasteiger partial charge >= 0.3 is 11.9 Å². The molecule has 322 valence electrons. The monoisotopic (exact) mass is 803 g/mol. The zero-order valence-corrected chi connectivity index (χ0v) is 36.7. The van der Waals surface area contributed by atoms with E-state index in [1.54, 1.807) is 12.2 Å². The second-order valence-electron chi connectivity index (χ2n) is 15.8. The molecule has 0 aliphatic rings. The smallest absolute Gasteiger partial charge is 0.340 e. The van der Waals surface area contributed by atoms with Crippen molar-refractivity contribution in [3.63, 3.8) is 0 Å². The zero-order chi connectivity index (χ0) is 40.8.